The average molecular weight is 203 g/mol. The van der Waals surface area contributed by atoms with Gasteiger partial charge in [-0.25, -0.2) is 0 Å². The van der Waals surface area contributed by atoms with E-state index in [0.29, 0.717) is 6.54 Å². The van der Waals surface area contributed by atoms with E-state index in [1.54, 1.807) is 7.11 Å². The van der Waals surface area contributed by atoms with Crippen LogP contribution < -0.4 is 16.2 Å². The number of hydrogen-bond acceptors (Lipinski definition) is 3. The fraction of sp³-hybridized carbons (Fsp3) is 0.333. The van der Waals surface area contributed by atoms with Gasteiger partial charge in [0.05, 0.1) is 7.11 Å². The molecule has 0 saturated heterocycles. The summed E-state index contributed by atoms with van der Waals surface area (Å²) in [5, 5.41) is 0. The first kappa shape index (κ1) is 12.2. The minimum absolute atomic E-state index is 0. The summed E-state index contributed by atoms with van der Waals surface area (Å²) in [4.78, 5) is 0. The van der Waals surface area contributed by atoms with Crippen molar-refractivity contribution in [1.29, 1.82) is 0 Å². The van der Waals surface area contributed by atoms with E-state index >= 15 is 0 Å². The largest absolute Gasteiger partial charge is 0.497 e. The van der Waals surface area contributed by atoms with Crippen LogP contribution in [0.5, 0.6) is 5.75 Å². The van der Waals surface area contributed by atoms with Gasteiger partial charge in [-0.15, -0.1) is 12.4 Å². The average Bonchev–Trinajstić information content (AvgIpc) is 2.17. The van der Waals surface area contributed by atoms with Gasteiger partial charge in [-0.05, 0) is 17.7 Å². The highest BCUT2D eigenvalue weighted by atomic mass is 35.5. The predicted octanol–water partition coefficient (Wildman–Crippen LogP) is 1.08. The number of ether oxygens (including phenoxy) is 1. The Balaban J connectivity index is 0.00000144. The van der Waals surface area contributed by atoms with Crippen molar-refractivity contribution < 1.29 is 4.74 Å². The second-order valence-corrected chi connectivity index (χ2v) is 2.62. The molecule has 1 aromatic carbocycles. The molecule has 0 heterocycles. The van der Waals surface area contributed by atoms with Crippen molar-refractivity contribution in [3.05, 3.63) is 29.8 Å². The molecule has 0 amide bonds. The summed E-state index contributed by atoms with van der Waals surface area (Å²) in [5.41, 5.74) is 12.2. The molecule has 0 fully saturated rings. The van der Waals surface area contributed by atoms with Gasteiger partial charge >= 0.3 is 0 Å². The first-order valence-corrected chi connectivity index (χ1v) is 3.87. The zero-order chi connectivity index (χ0) is 8.97. The maximum atomic E-state index is 5.72. The standard InChI is InChI=1S/C9H14N2O.ClH/c1-12-8-4-2-7(3-5-8)9(11)6-10;/h2-5,9H,6,10-11H2,1H3;1H/t9-;/m0./s1. The molecule has 1 atom stereocenters. The van der Waals surface area contributed by atoms with Gasteiger partial charge in [0.1, 0.15) is 5.75 Å². The Bertz CT molecular complexity index is 238. The van der Waals surface area contributed by atoms with E-state index in [2.05, 4.69) is 0 Å². The molecule has 0 radical (unpaired) electrons. The van der Waals surface area contributed by atoms with E-state index in [1.165, 1.54) is 0 Å². The summed E-state index contributed by atoms with van der Waals surface area (Å²) in [7, 11) is 1.64. The summed E-state index contributed by atoms with van der Waals surface area (Å²) >= 11 is 0. The van der Waals surface area contributed by atoms with Gasteiger partial charge in [0.15, 0.2) is 0 Å². The monoisotopic (exact) mass is 202 g/mol. The highest BCUT2D eigenvalue weighted by Crippen LogP contribution is 2.14. The van der Waals surface area contributed by atoms with Gasteiger partial charge in [-0.2, -0.15) is 0 Å². The van der Waals surface area contributed by atoms with Gasteiger partial charge < -0.3 is 16.2 Å². The Morgan fingerprint density at radius 3 is 2.23 bits per heavy atom. The van der Waals surface area contributed by atoms with Crippen LogP contribution in [0.25, 0.3) is 0 Å². The van der Waals surface area contributed by atoms with Crippen molar-refractivity contribution in [2.24, 2.45) is 11.5 Å². The number of hydrogen-bond donors (Lipinski definition) is 2. The lowest BCUT2D eigenvalue weighted by Gasteiger charge is -2.08. The fourth-order valence-electron chi connectivity index (χ4n) is 0.987. The van der Waals surface area contributed by atoms with Crippen LogP contribution >= 0.6 is 12.4 Å². The first-order chi connectivity index (χ1) is 5.77. The third kappa shape index (κ3) is 3.22. The summed E-state index contributed by atoms with van der Waals surface area (Å²) in [6.07, 6.45) is 0. The molecule has 4 N–H and O–H groups in total. The zero-order valence-electron chi connectivity index (χ0n) is 7.57. The number of halogens is 1. The van der Waals surface area contributed by atoms with Crippen molar-refractivity contribution in [1.82, 2.24) is 0 Å². The molecule has 0 aromatic heterocycles. The van der Waals surface area contributed by atoms with E-state index in [9.17, 15) is 0 Å². The van der Waals surface area contributed by atoms with E-state index in [1.807, 2.05) is 24.3 Å². The Hall–Kier alpha value is -0.770. The van der Waals surface area contributed by atoms with Crippen LogP contribution in [-0.2, 0) is 0 Å². The topological polar surface area (TPSA) is 61.3 Å². The molecule has 0 saturated carbocycles. The van der Waals surface area contributed by atoms with E-state index in [4.69, 9.17) is 16.2 Å². The predicted molar refractivity (Wildman–Crippen MR) is 56.2 cm³/mol. The van der Waals surface area contributed by atoms with Crippen LogP contribution in [0.3, 0.4) is 0 Å². The first-order valence-electron chi connectivity index (χ1n) is 3.87. The fourth-order valence-corrected chi connectivity index (χ4v) is 0.987. The number of benzene rings is 1. The van der Waals surface area contributed by atoms with Crippen LogP contribution in [0.1, 0.15) is 11.6 Å². The van der Waals surface area contributed by atoms with E-state index in [0.717, 1.165) is 11.3 Å². The lowest BCUT2D eigenvalue weighted by Crippen LogP contribution is -2.20. The second-order valence-electron chi connectivity index (χ2n) is 2.62. The molecular weight excluding hydrogens is 188 g/mol. The molecule has 0 aliphatic rings. The molecule has 1 aromatic rings. The molecular formula is C9H15ClN2O. The molecule has 4 heteroatoms. The summed E-state index contributed by atoms with van der Waals surface area (Å²) in [6, 6.07) is 7.54. The van der Waals surface area contributed by atoms with Crippen molar-refractivity contribution in [3.63, 3.8) is 0 Å². The van der Waals surface area contributed by atoms with Gasteiger partial charge in [0.2, 0.25) is 0 Å². The maximum Gasteiger partial charge on any atom is 0.118 e. The van der Waals surface area contributed by atoms with Gasteiger partial charge in [-0.1, -0.05) is 12.1 Å². The number of rotatable bonds is 3. The van der Waals surface area contributed by atoms with E-state index in [-0.39, 0.29) is 18.4 Å². The van der Waals surface area contributed by atoms with Gasteiger partial charge in [-0.3, -0.25) is 0 Å². The number of nitrogens with two attached hydrogens (primary N) is 2. The minimum atomic E-state index is -0.0732. The Morgan fingerprint density at radius 1 is 1.31 bits per heavy atom. The lowest BCUT2D eigenvalue weighted by atomic mass is 10.1. The van der Waals surface area contributed by atoms with Crippen molar-refractivity contribution in [2.45, 2.75) is 6.04 Å². The third-order valence-corrected chi connectivity index (χ3v) is 1.80. The van der Waals surface area contributed by atoms with Crippen LogP contribution in [0.4, 0.5) is 0 Å². The molecule has 0 aliphatic carbocycles. The smallest absolute Gasteiger partial charge is 0.118 e. The van der Waals surface area contributed by atoms with Crippen LogP contribution in [0.15, 0.2) is 24.3 Å². The van der Waals surface area contributed by atoms with Crippen molar-refractivity contribution >= 4 is 12.4 Å². The SMILES string of the molecule is COc1ccc([C@@H](N)CN)cc1.Cl. The second kappa shape index (κ2) is 5.80. The van der Waals surface area contributed by atoms with Gasteiger partial charge in [0, 0.05) is 12.6 Å². The molecule has 3 nitrogen and oxygen atoms in total. The Labute approximate surface area is 84.5 Å². The molecule has 74 valence electrons. The molecule has 0 spiro atoms. The molecule has 13 heavy (non-hydrogen) atoms. The quantitative estimate of drug-likeness (QED) is 0.771. The van der Waals surface area contributed by atoms with Crippen molar-refractivity contribution in [3.8, 4) is 5.75 Å². The maximum absolute atomic E-state index is 5.72. The van der Waals surface area contributed by atoms with Crippen LogP contribution in [-0.4, -0.2) is 13.7 Å². The van der Waals surface area contributed by atoms with Crippen LogP contribution in [0, 0.1) is 0 Å². The highest BCUT2D eigenvalue weighted by molar-refractivity contribution is 5.85. The number of methoxy groups -OCH3 is 1. The summed E-state index contributed by atoms with van der Waals surface area (Å²) < 4.78 is 5.01. The molecule has 0 bridgehead atoms. The van der Waals surface area contributed by atoms with Crippen molar-refractivity contribution in [2.75, 3.05) is 13.7 Å². The summed E-state index contributed by atoms with van der Waals surface area (Å²) in [5.74, 6) is 0.836. The molecule has 0 aliphatic heterocycles. The highest BCUT2D eigenvalue weighted by Gasteiger charge is 2.01. The van der Waals surface area contributed by atoms with Crippen LogP contribution in [0.2, 0.25) is 0 Å². The minimum Gasteiger partial charge on any atom is -0.497 e. The molecule has 0 unspecified atom stereocenters. The Morgan fingerprint density at radius 2 is 1.85 bits per heavy atom. The van der Waals surface area contributed by atoms with E-state index < -0.39 is 0 Å². The zero-order valence-corrected chi connectivity index (χ0v) is 8.38. The normalized spacial score (nSPS) is 11.6. The Kier molecular flexibility index (Phi) is 5.46. The van der Waals surface area contributed by atoms with Gasteiger partial charge in [0.25, 0.3) is 0 Å². The molecule has 1 rings (SSSR count). The lowest BCUT2D eigenvalue weighted by molar-refractivity contribution is 0.414. The summed E-state index contributed by atoms with van der Waals surface area (Å²) in [6.45, 7) is 0.465. The third-order valence-electron chi connectivity index (χ3n) is 1.80.